The van der Waals surface area contributed by atoms with Crippen molar-refractivity contribution in [2.24, 2.45) is 23.5 Å². The first kappa shape index (κ1) is 9.97. The summed E-state index contributed by atoms with van der Waals surface area (Å²) in [6, 6.07) is -0.172. The number of hydrogen-bond acceptors (Lipinski definition) is 2. The van der Waals surface area contributed by atoms with Gasteiger partial charge in [-0.15, -0.1) is 0 Å². The molecule has 0 radical (unpaired) electrons. The Morgan fingerprint density at radius 1 is 1.50 bits per heavy atom. The zero-order valence-electron chi connectivity index (χ0n) is 8.83. The quantitative estimate of drug-likeness (QED) is 0.701. The predicted molar refractivity (Wildman–Crippen MR) is 55.6 cm³/mol. The van der Waals surface area contributed by atoms with Gasteiger partial charge in [-0.25, -0.2) is 0 Å². The summed E-state index contributed by atoms with van der Waals surface area (Å²) in [7, 11) is 0. The van der Waals surface area contributed by atoms with Gasteiger partial charge in [-0.1, -0.05) is 6.42 Å². The van der Waals surface area contributed by atoms with Gasteiger partial charge in [0.25, 0.3) is 0 Å². The highest BCUT2D eigenvalue weighted by atomic mass is 16.1. The van der Waals surface area contributed by atoms with Crippen molar-refractivity contribution in [2.75, 3.05) is 6.54 Å². The second-order valence-corrected chi connectivity index (χ2v) is 4.97. The van der Waals surface area contributed by atoms with Crippen LogP contribution in [0.4, 0.5) is 0 Å². The summed E-state index contributed by atoms with van der Waals surface area (Å²) >= 11 is 0. The molecule has 2 saturated carbocycles. The summed E-state index contributed by atoms with van der Waals surface area (Å²) in [5.74, 6) is 2.46. The van der Waals surface area contributed by atoms with Gasteiger partial charge in [-0.2, -0.15) is 0 Å². The van der Waals surface area contributed by atoms with Crippen LogP contribution in [0.3, 0.4) is 0 Å². The zero-order valence-corrected chi connectivity index (χ0v) is 8.83. The number of nitrogens with one attached hydrogen (secondary N) is 1. The van der Waals surface area contributed by atoms with Gasteiger partial charge in [0.05, 0.1) is 6.04 Å². The maximum Gasteiger partial charge on any atom is 0.234 e. The highest BCUT2D eigenvalue weighted by Gasteiger charge is 2.39. The lowest BCUT2D eigenvalue weighted by Crippen LogP contribution is -2.41. The summed E-state index contributed by atoms with van der Waals surface area (Å²) in [5.41, 5.74) is 5.20. The maximum absolute atomic E-state index is 10.8. The van der Waals surface area contributed by atoms with Gasteiger partial charge >= 0.3 is 0 Å². The van der Waals surface area contributed by atoms with Crippen molar-refractivity contribution in [3.8, 4) is 0 Å². The number of carbonyl (C=O) groups is 1. The minimum absolute atomic E-state index is 0.172. The lowest BCUT2D eigenvalue weighted by molar-refractivity contribution is -0.119. The molecule has 0 heterocycles. The molecule has 14 heavy (non-hydrogen) atoms. The molecule has 3 nitrogen and oxygen atoms in total. The number of fused-ring (bicyclic) bond motifs is 2. The Balaban J connectivity index is 1.74. The Bertz CT molecular complexity index is 229. The van der Waals surface area contributed by atoms with Crippen molar-refractivity contribution in [2.45, 2.75) is 38.6 Å². The van der Waals surface area contributed by atoms with Crippen LogP contribution in [0.15, 0.2) is 0 Å². The van der Waals surface area contributed by atoms with Crippen LogP contribution in [0.5, 0.6) is 0 Å². The molecule has 3 heteroatoms. The normalized spacial score (nSPS) is 37.4. The molecular weight excluding hydrogens is 176 g/mol. The number of rotatable bonds is 4. The molecule has 0 aliphatic heterocycles. The van der Waals surface area contributed by atoms with Crippen LogP contribution < -0.4 is 11.1 Å². The van der Waals surface area contributed by atoms with Gasteiger partial charge in [-0.3, -0.25) is 4.79 Å². The first-order valence-corrected chi connectivity index (χ1v) is 5.69. The molecule has 0 spiro atoms. The summed E-state index contributed by atoms with van der Waals surface area (Å²) in [4.78, 5) is 10.8. The fraction of sp³-hybridized carbons (Fsp3) is 0.909. The van der Waals surface area contributed by atoms with Gasteiger partial charge in [0.2, 0.25) is 5.91 Å². The lowest BCUT2D eigenvalue weighted by atomic mass is 9.89. The number of hydrogen-bond donors (Lipinski definition) is 2. The SMILES string of the molecule is CC(NCC1CC2CCC1C2)C(N)=O. The van der Waals surface area contributed by atoms with E-state index < -0.39 is 0 Å². The van der Waals surface area contributed by atoms with Crippen molar-refractivity contribution in [3.63, 3.8) is 0 Å². The fourth-order valence-electron chi connectivity index (χ4n) is 3.06. The van der Waals surface area contributed by atoms with E-state index in [-0.39, 0.29) is 11.9 Å². The molecule has 3 N–H and O–H groups in total. The van der Waals surface area contributed by atoms with E-state index >= 15 is 0 Å². The first-order chi connectivity index (χ1) is 6.66. The highest BCUT2D eigenvalue weighted by Crippen LogP contribution is 2.47. The molecule has 0 aromatic carbocycles. The van der Waals surface area contributed by atoms with E-state index in [2.05, 4.69) is 5.32 Å². The third-order valence-electron chi connectivity index (χ3n) is 4.00. The van der Waals surface area contributed by atoms with E-state index in [0.29, 0.717) is 0 Å². The van der Waals surface area contributed by atoms with E-state index in [9.17, 15) is 4.79 Å². The fourth-order valence-corrected chi connectivity index (χ4v) is 3.06. The van der Waals surface area contributed by atoms with E-state index in [0.717, 1.165) is 24.3 Å². The molecule has 0 saturated heterocycles. The van der Waals surface area contributed by atoms with Crippen molar-refractivity contribution >= 4 is 5.91 Å². The van der Waals surface area contributed by atoms with Gasteiger partial charge in [0.15, 0.2) is 0 Å². The molecule has 0 aromatic heterocycles. The number of carbonyl (C=O) groups excluding carboxylic acids is 1. The Hall–Kier alpha value is -0.570. The van der Waals surface area contributed by atoms with Gasteiger partial charge in [0, 0.05) is 0 Å². The second-order valence-electron chi connectivity index (χ2n) is 4.97. The van der Waals surface area contributed by atoms with Gasteiger partial charge in [0.1, 0.15) is 0 Å². The van der Waals surface area contributed by atoms with Crippen molar-refractivity contribution < 1.29 is 4.79 Å². The lowest BCUT2D eigenvalue weighted by Gasteiger charge is -2.23. The molecule has 2 aliphatic rings. The van der Waals surface area contributed by atoms with Crippen LogP contribution in [0.25, 0.3) is 0 Å². The Kier molecular flexibility index (Phi) is 2.77. The minimum Gasteiger partial charge on any atom is -0.368 e. The largest absolute Gasteiger partial charge is 0.368 e. The number of nitrogens with two attached hydrogens (primary N) is 1. The molecule has 2 fully saturated rings. The van der Waals surface area contributed by atoms with Gasteiger partial charge < -0.3 is 11.1 Å². The van der Waals surface area contributed by atoms with E-state index in [1.807, 2.05) is 6.92 Å². The number of primary amides is 1. The van der Waals surface area contributed by atoms with E-state index in [1.54, 1.807) is 0 Å². The third kappa shape index (κ3) is 1.92. The molecule has 2 aliphatic carbocycles. The smallest absolute Gasteiger partial charge is 0.234 e. The van der Waals surface area contributed by atoms with E-state index in [4.69, 9.17) is 5.73 Å². The molecule has 1 amide bonds. The molecule has 4 atom stereocenters. The topological polar surface area (TPSA) is 55.1 Å². The van der Waals surface area contributed by atoms with Crippen LogP contribution in [-0.4, -0.2) is 18.5 Å². The highest BCUT2D eigenvalue weighted by molar-refractivity contribution is 5.79. The second kappa shape index (κ2) is 3.89. The average molecular weight is 196 g/mol. The monoisotopic (exact) mass is 196 g/mol. The first-order valence-electron chi connectivity index (χ1n) is 5.69. The minimum atomic E-state index is -0.242. The zero-order chi connectivity index (χ0) is 10.1. The van der Waals surface area contributed by atoms with Crippen molar-refractivity contribution in [3.05, 3.63) is 0 Å². The summed E-state index contributed by atoms with van der Waals surface area (Å²) in [6.45, 7) is 2.82. The van der Waals surface area contributed by atoms with Crippen LogP contribution >= 0.6 is 0 Å². The maximum atomic E-state index is 10.8. The predicted octanol–water partition coefficient (Wildman–Crippen LogP) is 0.886. The van der Waals surface area contributed by atoms with Crippen LogP contribution in [0.2, 0.25) is 0 Å². The average Bonchev–Trinajstić information content (AvgIpc) is 2.74. The molecule has 80 valence electrons. The Labute approximate surface area is 85.4 Å². The summed E-state index contributed by atoms with van der Waals surface area (Å²) in [6.07, 6.45) is 5.63. The molecule has 4 unspecified atom stereocenters. The molecular formula is C11H20N2O. The Morgan fingerprint density at radius 2 is 2.29 bits per heavy atom. The van der Waals surface area contributed by atoms with Crippen LogP contribution in [-0.2, 0) is 4.79 Å². The molecule has 2 bridgehead atoms. The van der Waals surface area contributed by atoms with Crippen LogP contribution in [0, 0.1) is 17.8 Å². The van der Waals surface area contributed by atoms with E-state index in [1.165, 1.54) is 25.7 Å². The van der Waals surface area contributed by atoms with Crippen molar-refractivity contribution in [1.82, 2.24) is 5.32 Å². The van der Waals surface area contributed by atoms with Gasteiger partial charge in [-0.05, 0) is 50.5 Å². The molecule has 0 aromatic rings. The summed E-state index contributed by atoms with van der Waals surface area (Å²) in [5, 5.41) is 3.23. The van der Waals surface area contributed by atoms with Crippen molar-refractivity contribution in [1.29, 1.82) is 0 Å². The van der Waals surface area contributed by atoms with Crippen LogP contribution in [0.1, 0.15) is 32.6 Å². The summed E-state index contributed by atoms with van der Waals surface area (Å²) < 4.78 is 0. The molecule has 2 rings (SSSR count). The third-order valence-corrected chi connectivity index (χ3v) is 4.00. The standard InChI is InChI=1S/C11H20N2O/c1-7(11(12)14)13-6-10-5-8-2-3-9(10)4-8/h7-10,13H,2-6H2,1H3,(H2,12,14). The number of amides is 1. The Morgan fingerprint density at radius 3 is 2.79 bits per heavy atom.